The minimum Gasteiger partial charge on any atom is -0.504 e. The topological polar surface area (TPSA) is 70.9 Å². The minimum atomic E-state index is -0.212. The summed E-state index contributed by atoms with van der Waals surface area (Å²) in [6, 6.07) is 10.9. The van der Waals surface area contributed by atoms with Gasteiger partial charge in [0.1, 0.15) is 0 Å². The van der Waals surface area contributed by atoms with Crippen molar-refractivity contribution in [2.45, 2.75) is 6.92 Å². The lowest BCUT2D eigenvalue weighted by Gasteiger charge is -2.06. The third kappa shape index (κ3) is 3.88. The van der Waals surface area contributed by atoms with Gasteiger partial charge in [-0.25, -0.2) is 4.99 Å². The van der Waals surface area contributed by atoms with E-state index in [4.69, 9.17) is 4.74 Å². The Kier molecular flexibility index (Phi) is 5.15. The van der Waals surface area contributed by atoms with Crippen LogP contribution in [0.15, 0.2) is 50.8 Å². The van der Waals surface area contributed by atoms with Gasteiger partial charge in [0.05, 0.1) is 17.7 Å². The molecule has 2 aromatic carbocycles. The molecule has 1 heterocycles. The Hall–Kier alpha value is -2.25. The number of nitrogens with one attached hydrogen (secondary N) is 1. The Morgan fingerprint density at radius 3 is 2.80 bits per heavy atom. The Morgan fingerprint density at radius 1 is 1.32 bits per heavy atom. The van der Waals surface area contributed by atoms with E-state index >= 15 is 0 Å². The first-order valence-corrected chi connectivity index (χ1v) is 9.00. The van der Waals surface area contributed by atoms with Crippen LogP contribution in [0.5, 0.6) is 11.5 Å². The summed E-state index contributed by atoms with van der Waals surface area (Å²) in [6.45, 7) is 1.97. The van der Waals surface area contributed by atoms with Crippen LogP contribution in [0.2, 0.25) is 0 Å². The summed E-state index contributed by atoms with van der Waals surface area (Å²) in [7, 11) is 1.48. The summed E-state index contributed by atoms with van der Waals surface area (Å²) in [5.41, 5.74) is 2.58. The molecule has 1 fully saturated rings. The molecule has 0 atom stereocenters. The van der Waals surface area contributed by atoms with Crippen LogP contribution in [0.4, 0.5) is 5.69 Å². The molecule has 0 bridgehead atoms. The van der Waals surface area contributed by atoms with E-state index in [1.807, 2.05) is 31.2 Å². The molecule has 3 rings (SSSR count). The van der Waals surface area contributed by atoms with Crippen LogP contribution in [0, 0.1) is 6.92 Å². The molecule has 5 nitrogen and oxygen atoms in total. The van der Waals surface area contributed by atoms with Crippen LogP contribution in [0.1, 0.15) is 11.1 Å². The van der Waals surface area contributed by atoms with Gasteiger partial charge in [0.2, 0.25) is 0 Å². The molecule has 0 unspecified atom stereocenters. The number of methoxy groups -OCH3 is 1. The minimum absolute atomic E-state index is 0.0295. The standard InChI is InChI=1S/C18H15BrN2O3S/c1-10-5-3-4-6-13(10)20-18-21-17(23)16(25-18)8-11-7-15(24-2)14(22)9-12(11)19/h3-9,22H,1-2H3,(H,20,21,23)/b16-8-. The van der Waals surface area contributed by atoms with E-state index in [1.165, 1.54) is 24.9 Å². The number of benzene rings is 2. The number of amides is 1. The molecule has 1 saturated heterocycles. The van der Waals surface area contributed by atoms with E-state index in [0.29, 0.717) is 20.3 Å². The molecule has 0 radical (unpaired) electrons. The van der Waals surface area contributed by atoms with Crippen molar-refractivity contribution in [1.29, 1.82) is 0 Å². The number of hydrogen-bond donors (Lipinski definition) is 2. The first-order valence-electron chi connectivity index (χ1n) is 7.39. The number of thioether (sulfide) groups is 1. The quantitative estimate of drug-likeness (QED) is 0.726. The number of carbonyl (C=O) groups is 1. The van der Waals surface area contributed by atoms with E-state index in [2.05, 4.69) is 26.2 Å². The van der Waals surface area contributed by atoms with Gasteiger partial charge in [-0.2, -0.15) is 0 Å². The third-order valence-corrected chi connectivity index (χ3v) is 5.17. The number of halogens is 1. The highest BCUT2D eigenvalue weighted by atomic mass is 79.9. The van der Waals surface area contributed by atoms with Crippen LogP contribution in [-0.4, -0.2) is 23.3 Å². The Morgan fingerprint density at radius 2 is 2.08 bits per heavy atom. The second-order valence-corrected chi connectivity index (χ2v) is 7.20. The lowest BCUT2D eigenvalue weighted by Crippen LogP contribution is -2.19. The number of hydrogen-bond acceptors (Lipinski definition) is 5. The van der Waals surface area contributed by atoms with Gasteiger partial charge < -0.3 is 15.2 Å². The fraction of sp³-hybridized carbons (Fsp3) is 0.111. The number of ether oxygens (including phenoxy) is 1. The molecule has 128 valence electrons. The molecule has 1 amide bonds. The fourth-order valence-corrected chi connectivity index (χ4v) is 3.52. The summed E-state index contributed by atoms with van der Waals surface area (Å²) < 4.78 is 5.78. The highest BCUT2D eigenvalue weighted by molar-refractivity contribution is 9.10. The zero-order valence-corrected chi connectivity index (χ0v) is 15.9. The van der Waals surface area contributed by atoms with E-state index in [9.17, 15) is 9.90 Å². The van der Waals surface area contributed by atoms with Crippen molar-refractivity contribution in [3.8, 4) is 11.5 Å². The molecule has 1 aliphatic rings. The molecule has 0 spiro atoms. The maximum atomic E-state index is 12.2. The van der Waals surface area contributed by atoms with Crippen LogP contribution >= 0.6 is 27.7 Å². The zero-order valence-electron chi connectivity index (χ0n) is 13.5. The van der Waals surface area contributed by atoms with E-state index in [0.717, 1.165) is 16.8 Å². The largest absolute Gasteiger partial charge is 0.504 e. The number of nitrogens with zero attached hydrogens (tertiary/aromatic N) is 1. The predicted octanol–water partition coefficient (Wildman–Crippen LogP) is 4.36. The number of carbonyl (C=O) groups excluding carboxylic acids is 1. The van der Waals surface area contributed by atoms with Crippen molar-refractivity contribution in [3.63, 3.8) is 0 Å². The maximum Gasteiger partial charge on any atom is 0.264 e. The van der Waals surface area contributed by atoms with Gasteiger partial charge in [0.25, 0.3) is 5.91 Å². The van der Waals surface area contributed by atoms with Crippen LogP contribution < -0.4 is 10.1 Å². The highest BCUT2D eigenvalue weighted by Gasteiger charge is 2.24. The summed E-state index contributed by atoms with van der Waals surface area (Å²) in [6.07, 6.45) is 1.73. The van der Waals surface area contributed by atoms with Gasteiger partial charge in [-0.15, -0.1) is 0 Å². The number of amidine groups is 1. The molecule has 0 saturated carbocycles. The molecular formula is C18H15BrN2O3S. The van der Waals surface area contributed by atoms with Gasteiger partial charge in [-0.05, 0) is 54.1 Å². The van der Waals surface area contributed by atoms with Crippen LogP contribution in [0.25, 0.3) is 6.08 Å². The predicted molar refractivity (Wildman–Crippen MR) is 104 cm³/mol. The van der Waals surface area contributed by atoms with E-state index in [1.54, 1.807) is 12.1 Å². The number of phenolic OH excluding ortho intramolecular Hbond substituents is 1. The van der Waals surface area contributed by atoms with Gasteiger partial charge in [0, 0.05) is 4.47 Å². The maximum absolute atomic E-state index is 12.2. The first kappa shape index (κ1) is 17.6. The van der Waals surface area contributed by atoms with Crippen molar-refractivity contribution in [2.75, 3.05) is 7.11 Å². The molecule has 25 heavy (non-hydrogen) atoms. The average molecular weight is 419 g/mol. The normalized spacial score (nSPS) is 17.2. The summed E-state index contributed by atoms with van der Waals surface area (Å²) in [5, 5.41) is 13.1. The number of phenols is 1. The highest BCUT2D eigenvalue weighted by Crippen LogP contribution is 2.36. The third-order valence-electron chi connectivity index (χ3n) is 3.57. The first-order chi connectivity index (χ1) is 12.0. The monoisotopic (exact) mass is 418 g/mol. The average Bonchev–Trinajstić information content (AvgIpc) is 2.91. The molecule has 2 aromatic rings. The molecule has 1 aliphatic heterocycles. The SMILES string of the molecule is COc1cc(/C=C2\SC(=Nc3ccccc3C)NC2=O)c(Br)cc1O. The molecule has 2 N–H and O–H groups in total. The molecule has 0 aliphatic carbocycles. The van der Waals surface area contributed by atoms with E-state index in [-0.39, 0.29) is 11.7 Å². The number of rotatable bonds is 3. The van der Waals surface area contributed by atoms with Gasteiger partial charge in [-0.3, -0.25) is 4.79 Å². The molecule has 7 heteroatoms. The summed E-state index contributed by atoms with van der Waals surface area (Å²) in [5.74, 6) is 0.158. The van der Waals surface area contributed by atoms with Gasteiger partial charge >= 0.3 is 0 Å². The number of aliphatic imine (C=N–C) groups is 1. The number of aryl methyl sites for hydroxylation is 1. The summed E-state index contributed by atoms with van der Waals surface area (Å²) >= 11 is 4.65. The van der Waals surface area contributed by atoms with Crippen molar-refractivity contribution in [1.82, 2.24) is 5.32 Å². The second-order valence-electron chi connectivity index (χ2n) is 5.31. The zero-order chi connectivity index (χ0) is 18.0. The molecule has 0 aromatic heterocycles. The van der Waals surface area contributed by atoms with Crippen molar-refractivity contribution >= 4 is 50.5 Å². The van der Waals surface area contributed by atoms with Crippen molar-refractivity contribution < 1.29 is 14.6 Å². The van der Waals surface area contributed by atoms with Crippen molar-refractivity contribution in [2.24, 2.45) is 4.99 Å². The van der Waals surface area contributed by atoms with E-state index < -0.39 is 0 Å². The number of para-hydroxylation sites is 1. The second kappa shape index (κ2) is 7.33. The Balaban J connectivity index is 1.91. The molecular weight excluding hydrogens is 404 g/mol. The van der Waals surface area contributed by atoms with Crippen molar-refractivity contribution in [3.05, 3.63) is 56.9 Å². The van der Waals surface area contributed by atoms with Gasteiger partial charge in [-0.1, -0.05) is 34.1 Å². The smallest absolute Gasteiger partial charge is 0.264 e. The fourth-order valence-electron chi connectivity index (χ4n) is 2.25. The van der Waals surface area contributed by atoms with Crippen LogP contribution in [-0.2, 0) is 4.79 Å². The Bertz CT molecular complexity index is 909. The lowest BCUT2D eigenvalue weighted by atomic mass is 10.2. The Labute approximate surface area is 157 Å². The summed E-state index contributed by atoms with van der Waals surface area (Å²) in [4.78, 5) is 17.2. The van der Waals surface area contributed by atoms with Crippen LogP contribution in [0.3, 0.4) is 0 Å². The lowest BCUT2D eigenvalue weighted by molar-refractivity contribution is -0.115. The number of aromatic hydroxyl groups is 1. The van der Waals surface area contributed by atoms with Gasteiger partial charge in [0.15, 0.2) is 16.7 Å².